The number of ether oxygens (including phenoxy) is 3. The van der Waals surface area contributed by atoms with Gasteiger partial charge in [0, 0.05) is 25.6 Å². The molecule has 0 saturated carbocycles. The van der Waals surface area contributed by atoms with Crippen LogP contribution in [0.1, 0.15) is 25.7 Å². The van der Waals surface area contributed by atoms with Gasteiger partial charge in [-0.1, -0.05) is 0 Å². The van der Waals surface area contributed by atoms with Crippen LogP contribution in [0, 0.1) is 0 Å². The quantitative estimate of drug-likeness (QED) is 0.652. The lowest BCUT2D eigenvalue weighted by atomic mass is 10.1. The van der Waals surface area contributed by atoms with Gasteiger partial charge in [-0.15, -0.1) is 0 Å². The summed E-state index contributed by atoms with van der Waals surface area (Å²) in [5.74, 6) is 2.09. The Labute approximate surface area is 172 Å². The van der Waals surface area contributed by atoms with Crippen molar-refractivity contribution in [1.82, 2.24) is 9.88 Å². The Balaban J connectivity index is 1.34. The zero-order chi connectivity index (χ0) is 20.5. The standard InChI is InChI=1S/C22H29N3O4/c1-25-13-11-20(12-14-25)29-22-10-5-17(16-23-22)24-21(26)4-3-15-28-19-8-6-18(27-2)7-9-19/h5-10,16,20H,3-4,11-15H2,1-2H3,(H,24,26). The zero-order valence-corrected chi connectivity index (χ0v) is 17.1. The van der Waals surface area contributed by atoms with Gasteiger partial charge in [-0.25, -0.2) is 4.98 Å². The lowest BCUT2D eigenvalue weighted by Crippen LogP contribution is -2.35. The molecular formula is C22H29N3O4. The number of piperidine rings is 1. The third-order valence-electron chi connectivity index (χ3n) is 4.85. The normalized spacial score (nSPS) is 15.0. The first-order chi connectivity index (χ1) is 14.1. The van der Waals surface area contributed by atoms with Crippen LogP contribution in [-0.4, -0.2) is 55.7 Å². The van der Waals surface area contributed by atoms with Crippen LogP contribution >= 0.6 is 0 Å². The molecule has 1 aliphatic rings. The average Bonchev–Trinajstić information content (AvgIpc) is 2.75. The van der Waals surface area contributed by atoms with Crippen molar-refractivity contribution in [2.24, 2.45) is 0 Å². The number of carbonyl (C=O) groups is 1. The van der Waals surface area contributed by atoms with Crippen molar-refractivity contribution in [3.05, 3.63) is 42.6 Å². The number of hydrogen-bond donors (Lipinski definition) is 1. The van der Waals surface area contributed by atoms with Crippen molar-refractivity contribution in [1.29, 1.82) is 0 Å². The van der Waals surface area contributed by atoms with Gasteiger partial charge in [0.1, 0.15) is 17.6 Å². The minimum absolute atomic E-state index is 0.0610. The number of nitrogens with zero attached hydrogens (tertiary/aromatic N) is 2. The predicted octanol–water partition coefficient (Wildman–Crippen LogP) is 3.36. The molecule has 7 nitrogen and oxygen atoms in total. The van der Waals surface area contributed by atoms with Crippen molar-refractivity contribution < 1.29 is 19.0 Å². The van der Waals surface area contributed by atoms with Crippen molar-refractivity contribution in [3.63, 3.8) is 0 Å². The molecule has 1 saturated heterocycles. The number of nitrogens with one attached hydrogen (secondary N) is 1. The molecule has 2 aromatic rings. The topological polar surface area (TPSA) is 72.9 Å². The van der Waals surface area contributed by atoms with Crippen LogP contribution in [0.3, 0.4) is 0 Å². The number of pyridine rings is 1. The highest BCUT2D eigenvalue weighted by Gasteiger charge is 2.18. The molecule has 1 N–H and O–H groups in total. The second-order valence-electron chi connectivity index (χ2n) is 7.18. The lowest BCUT2D eigenvalue weighted by molar-refractivity contribution is -0.116. The Hall–Kier alpha value is -2.80. The minimum atomic E-state index is -0.0610. The van der Waals surface area contributed by atoms with Gasteiger partial charge < -0.3 is 24.4 Å². The second-order valence-corrected chi connectivity index (χ2v) is 7.18. The Bertz CT molecular complexity index is 757. The number of carbonyl (C=O) groups excluding carboxylic acids is 1. The summed E-state index contributed by atoms with van der Waals surface area (Å²) >= 11 is 0. The summed E-state index contributed by atoms with van der Waals surface area (Å²) in [6, 6.07) is 11.0. The van der Waals surface area contributed by atoms with Crippen LogP contribution in [0.2, 0.25) is 0 Å². The summed E-state index contributed by atoms with van der Waals surface area (Å²) in [6.07, 6.45) is 4.87. The van der Waals surface area contributed by atoms with E-state index in [1.165, 1.54) is 0 Å². The maximum atomic E-state index is 12.1. The molecule has 156 valence electrons. The van der Waals surface area contributed by atoms with E-state index in [0.29, 0.717) is 31.0 Å². The first kappa shape index (κ1) is 20.9. The molecule has 29 heavy (non-hydrogen) atoms. The molecule has 0 bridgehead atoms. The average molecular weight is 399 g/mol. The largest absolute Gasteiger partial charge is 0.497 e. The maximum Gasteiger partial charge on any atom is 0.224 e. The van der Waals surface area contributed by atoms with E-state index in [2.05, 4.69) is 22.2 Å². The molecule has 1 fully saturated rings. The monoisotopic (exact) mass is 399 g/mol. The fourth-order valence-corrected chi connectivity index (χ4v) is 3.12. The zero-order valence-electron chi connectivity index (χ0n) is 17.1. The van der Waals surface area contributed by atoms with Crippen molar-refractivity contribution in [3.8, 4) is 17.4 Å². The highest BCUT2D eigenvalue weighted by molar-refractivity contribution is 5.90. The summed E-state index contributed by atoms with van der Waals surface area (Å²) in [6.45, 7) is 2.56. The molecule has 0 atom stereocenters. The van der Waals surface area contributed by atoms with Crippen LogP contribution < -0.4 is 19.5 Å². The van der Waals surface area contributed by atoms with E-state index in [1.807, 2.05) is 30.3 Å². The molecule has 1 aromatic carbocycles. The van der Waals surface area contributed by atoms with E-state index in [4.69, 9.17) is 14.2 Å². The Morgan fingerprint density at radius 2 is 1.86 bits per heavy atom. The smallest absolute Gasteiger partial charge is 0.224 e. The maximum absolute atomic E-state index is 12.1. The summed E-state index contributed by atoms with van der Waals surface area (Å²) in [5.41, 5.74) is 0.668. The van der Waals surface area contributed by atoms with Gasteiger partial charge in [-0.05, 0) is 56.6 Å². The first-order valence-corrected chi connectivity index (χ1v) is 10.0. The predicted molar refractivity (Wildman–Crippen MR) is 112 cm³/mol. The van der Waals surface area contributed by atoms with E-state index >= 15 is 0 Å². The van der Waals surface area contributed by atoms with E-state index in [9.17, 15) is 4.79 Å². The molecule has 0 aliphatic carbocycles. The van der Waals surface area contributed by atoms with Gasteiger partial charge in [0.25, 0.3) is 0 Å². The SMILES string of the molecule is COc1ccc(OCCCC(=O)Nc2ccc(OC3CCN(C)CC3)nc2)cc1. The van der Waals surface area contributed by atoms with Crippen LogP contribution in [0.15, 0.2) is 42.6 Å². The van der Waals surface area contributed by atoms with Gasteiger partial charge in [-0.3, -0.25) is 4.79 Å². The molecule has 0 radical (unpaired) electrons. The van der Waals surface area contributed by atoms with E-state index in [1.54, 1.807) is 19.4 Å². The number of benzene rings is 1. The second kappa shape index (κ2) is 10.7. The fraction of sp³-hybridized carbons (Fsp3) is 0.455. The lowest BCUT2D eigenvalue weighted by Gasteiger charge is -2.28. The summed E-state index contributed by atoms with van der Waals surface area (Å²) in [4.78, 5) is 18.7. The fourth-order valence-electron chi connectivity index (χ4n) is 3.12. The van der Waals surface area contributed by atoms with E-state index in [0.717, 1.165) is 37.4 Å². The summed E-state index contributed by atoms with van der Waals surface area (Å²) in [5, 5.41) is 2.86. The first-order valence-electron chi connectivity index (χ1n) is 10.0. The summed E-state index contributed by atoms with van der Waals surface area (Å²) in [7, 11) is 3.75. The molecule has 2 heterocycles. The van der Waals surface area contributed by atoms with Gasteiger partial charge in [0.05, 0.1) is 25.6 Å². The molecule has 1 amide bonds. The van der Waals surface area contributed by atoms with Crippen LogP contribution in [0.5, 0.6) is 17.4 Å². The molecular weight excluding hydrogens is 370 g/mol. The van der Waals surface area contributed by atoms with Crippen molar-refractivity contribution in [2.45, 2.75) is 31.8 Å². The number of methoxy groups -OCH3 is 1. The number of rotatable bonds is 9. The van der Waals surface area contributed by atoms with Gasteiger partial charge in [-0.2, -0.15) is 0 Å². The molecule has 1 aromatic heterocycles. The van der Waals surface area contributed by atoms with Crippen LogP contribution in [0.25, 0.3) is 0 Å². The Morgan fingerprint density at radius 3 is 2.52 bits per heavy atom. The van der Waals surface area contributed by atoms with Gasteiger partial charge >= 0.3 is 0 Å². The Kier molecular flexibility index (Phi) is 7.69. The Morgan fingerprint density at radius 1 is 1.14 bits per heavy atom. The minimum Gasteiger partial charge on any atom is -0.497 e. The summed E-state index contributed by atoms with van der Waals surface area (Å²) < 4.78 is 16.7. The van der Waals surface area contributed by atoms with Crippen molar-refractivity contribution >= 4 is 11.6 Å². The van der Waals surface area contributed by atoms with E-state index in [-0.39, 0.29) is 12.0 Å². The number of hydrogen-bond acceptors (Lipinski definition) is 6. The molecule has 1 aliphatic heterocycles. The number of amides is 1. The van der Waals surface area contributed by atoms with Gasteiger partial charge in [0.2, 0.25) is 11.8 Å². The highest BCUT2D eigenvalue weighted by Crippen LogP contribution is 2.19. The number of likely N-dealkylation sites (tertiary alicyclic amines) is 1. The third kappa shape index (κ3) is 6.94. The molecule has 0 spiro atoms. The molecule has 3 rings (SSSR count). The third-order valence-corrected chi connectivity index (χ3v) is 4.85. The van der Waals surface area contributed by atoms with Gasteiger partial charge in [0.15, 0.2) is 0 Å². The number of anilines is 1. The van der Waals surface area contributed by atoms with Crippen molar-refractivity contribution in [2.75, 3.05) is 39.2 Å². The van der Waals surface area contributed by atoms with Crippen LogP contribution in [-0.2, 0) is 4.79 Å². The van der Waals surface area contributed by atoms with E-state index < -0.39 is 0 Å². The molecule has 7 heteroatoms. The van der Waals surface area contributed by atoms with Crippen LogP contribution in [0.4, 0.5) is 5.69 Å². The molecule has 0 unspecified atom stereocenters. The number of aromatic nitrogens is 1. The highest BCUT2D eigenvalue weighted by atomic mass is 16.5.